The summed E-state index contributed by atoms with van der Waals surface area (Å²) in [6.07, 6.45) is 0. The molecular weight excluding hydrogens is 1020 g/mol. The molecule has 0 atom stereocenters. The van der Waals surface area contributed by atoms with Crippen molar-refractivity contribution in [2.24, 2.45) is 0 Å². The van der Waals surface area contributed by atoms with Crippen molar-refractivity contribution >= 4 is 87.2 Å². The Bertz CT molecular complexity index is 5560. The van der Waals surface area contributed by atoms with E-state index in [1.54, 1.807) is 0 Å². The summed E-state index contributed by atoms with van der Waals surface area (Å²) >= 11 is 0. The van der Waals surface area contributed by atoms with Crippen molar-refractivity contribution in [1.82, 2.24) is 28.2 Å². The summed E-state index contributed by atoms with van der Waals surface area (Å²) in [5, 5.41) is 19.5. The molecule has 0 spiro atoms. The van der Waals surface area contributed by atoms with Gasteiger partial charge in [-0.3, -0.25) is 4.57 Å². The third kappa shape index (κ3) is 7.38. The van der Waals surface area contributed by atoms with Crippen molar-refractivity contribution in [3.05, 3.63) is 291 Å². The first-order valence-corrected chi connectivity index (χ1v) is 28.4. The molecule has 0 aliphatic carbocycles. The quantitative estimate of drug-likeness (QED) is 0.152. The van der Waals surface area contributed by atoms with Crippen molar-refractivity contribution in [3.63, 3.8) is 0 Å². The SMILES string of the molecule is N#Cc1cccc(-c2cc(-c3ccc(-n4c5ccccc5c5cc(-c6ccc7c(c6)c6ccccc6n7-c6ccccc6)ccc54)cc3)nc(-n3c4ccccc4c4cc(-c5ccc6c(c5)c5ccccc5n6-c5ccccc5)ccc43)n2)c1. The molecule has 17 aromatic rings. The molecule has 0 saturated carbocycles. The van der Waals surface area contributed by atoms with Crippen molar-refractivity contribution in [2.75, 3.05) is 0 Å². The van der Waals surface area contributed by atoms with Crippen LogP contribution in [0.4, 0.5) is 0 Å². The minimum atomic E-state index is 0.544. The average Bonchev–Trinajstić information content (AvgIpc) is 2.94. The molecule has 12 aromatic carbocycles. The number of rotatable bonds is 8. The van der Waals surface area contributed by atoms with Gasteiger partial charge in [0.2, 0.25) is 5.95 Å². The van der Waals surface area contributed by atoms with Crippen molar-refractivity contribution < 1.29 is 0 Å². The largest absolute Gasteiger partial charge is 0.309 e. The van der Waals surface area contributed by atoms with Crippen LogP contribution >= 0.6 is 0 Å². The predicted molar refractivity (Wildman–Crippen MR) is 346 cm³/mol. The van der Waals surface area contributed by atoms with E-state index in [4.69, 9.17) is 9.97 Å². The van der Waals surface area contributed by atoms with E-state index in [2.05, 4.69) is 279 Å². The first-order valence-electron chi connectivity index (χ1n) is 28.4. The van der Waals surface area contributed by atoms with Gasteiger partial charge in [0.05, 0.1) is 67.2 Å². The number of para-hydroxylation sites is 6. The zero-order valence-corrected chi connectivity index (χ0v) is 45.3. The van der Waals surface area contributed by atoms with E-state index in [9.17, 15) is 5.26 Å². The Hall–Kier alpha value is -11.6. The molecular formula is C77H47N7. The lowest BCUT2D eigenvalue weighted by Gasteiger charge is -2.13. The molecule has 7 heteroatoms. The number of hydrogen-bond acceptors (Lipinski definition) is 3. The van der Waals surface area contributed by atoms with Gasteiger partial charge in [-0.05, 0) is 150 Å². The van der Waals surface area contributed by atoms with Crippen LogP contribution in [0, 0.1) is 11.3 Å². The van der Waals surface area contributed by atoms with Gasteiger partial charge in [0.25, 0.3) is 0 Å². The van der Waals surface area contributed by atoms with Gasteiger partial charge in [-0.25, -0.2) is 9.97 Å². The average molecular weight is 1070 g/mol. The predicted octanol–water partition coefficient (Wildman–Crippen LogP) is 19.4. The fraction of sp³-hybridized carbons (Fsp3) is 0. The summed E-state index contributed by atoms with van der Waals surface area (Å²) in [6, 6.07) is 104. The maximum atomic E-state index is 10.0. The maximum absolute atomic E-state index is 10.0. The van der Waals surface area contributed by atoms with E-state index in [0.717, 1.165) is 83.5 Å². The summed E-state index contributed by atoms with van der Waals surface area (Å²) < 4.78 is 9.28. The number of hydrogen-bond donors (Lipinski definition) is 0. The van der Waals surface area contributed by atoms with Crippen molar-refractivity contribution in [1.29, 1.82) is 5.26 Å². The standard InChI is InChI=1S/C77H47N7/c78-48-49-16-15-17-55(42-49)68-47-67(79-77(80-68)84-72-29-14-10-25-62(72)66-46-54(35-41-76(66)84)53-33-39-74-64(44-53)60-23-8-12-27-70(60)82(74)57-20-5-2-6-21-57)50-30-36-58(37-31-50)83-71-28-13-9-24-61(71)65-45-52(34-40-75(65)83)51-32-38-73-63(43-51)59-22-7-11-26-69(59)81(73)56-18-3-1-4-19-56/h1-47H. The van der Waals surface area contributed by atoms with E-state index in [0.29, 0.717) is 11.5 Å². The maximum Gasteiger partial charge on any atom is 0.235 e. The van der Waals surface area contributed by atoms with E-state index in [1.807, 2.05) is 30.3 Å². The van der Waals surface area contributed by atoms with E-state index >= 15 is 0 Å². The second kappa shape index (κ2) is 18.7. The summed E-state index contributed by atoms with van der Waals surface area (Å²) in [6.45, 7) is 0. The van der Waals surface area contributed by atoms with Crippen LogP contribution in [0.15, 0.2) is 285 Å². The number of fused-ring (bicyclic) bond motifs is 12. The molecule has 0 fully saturated rings. The molecule has 0 amide bonds. The molecule has 0 radical (unpaired) electrons. The van der Waals surface area contributed by atoms with E-state index < -0.39 is 0 Å². The fourth-order valence-electron chi connectivity index (χ4n) is 13.2. The molecule has 0 bridgehead atoms. The number of nitriles is 1. The highest BCUT2D eigenvalue weighted by Gasteiger charge is 2.21. The van der Waals surface area contributed by atoms with Crippen LogP contribution in [0.1, 0.15) is 5.56 Å². The zero-order chi connectivity index (χ0) is 55.4. The summed E-state index contributed by atoms with van der Waals surface area (Å²) in [7, 11) is 0. The van der Waals surface area contributed by atoms with Gasteiger partial charge in [-0.2, -0.15) is 5.26 Å². The van der Waals surface area contributed by atoms with Crippen LogP contribution in [-0.2, 0) is 0 Å². The van der Waals surface area contributed by atoms with Crippen molar-refractivity contribution in [3.8, 4) is 73.8 Å². The van der Waals surface area contributed by atoms with Crippen LogP contribution < -0.4 is 0 Å². The van der Waals surface area contributed by atoms with Crippen LogP contribution in [-0.4, -0.2) is 28.2 Å². The highest BCUT2D eigenvalue weighted by molar-refractivity contribution is 6.15. The van der Waals surface area contributed by atoms with Gasteiger partial charge < -0.3 is 13.7 Å². The fourth-order valence-corrected chi connectivity index (χ4v) is 13.2. The highest BCUT2D eigenvalue weighted by atomic mass is 15.2. The third-order valence-corrected chi connectivity index (χ3v) is 17.0. The first kappa shape index (κ1) is 47.2. The lowest BCUT2D eigenvalue weighted by molar-refractivity contribution is 0.995. The lowest BCUT2D eigenvalue weighted by Crippen LogP contribution is -2.04. The first-order chi connectivity index (χ1) is 41.6. The Morgan fingerprint density at radius 1 is 0.238 bits per heavy atom. The minimum Gasteiger partial charge on any atom is -0.309 e. The van der Waals surface area contributed by atoms with Crippen LogP contribution in [0.5, 0.6) is 0 Å². The van der Waals surface area contributed by atoms with Crippen LogP contribution in [0.3, 0.4) is 0 Å². The second-order valence-electron chi connectivity index (χ2n) is 21.7. The molecule has 390 valence electrons. The Kier molecular flexibility index (Phi) is 10.5. The van der Waals surface area contributed by atoms with Gasteiger partial charge in [0.1, 0.15) is 0 Å². The Labute approximate surface area is 482 Å². The summed E-state index contributed by atoms with van der Waals surface area (Å²) in [4.78, 5) is 10.8. The van der Waals surface area contributed by atoms with E-state index in [-0.39, 0.29) is 0 Å². The van der Waals surface area contributed by atoms with Gasteiger partial charge in [0.15, 0.2) is 0 Å². The van der Waals surface area contributed by atoms with E-state index in [1.165, 1.54) is 65.5 Å². The molecule has 5 aromatic heterocycles. The molecule has 7 nitrogen and oxygen atoms in total. The number of benzene rings is 12. The van der Waals surface area contributed by atoms with Gasteiger partial charge in [0, 0.05) is 71.3 Å². The smallest absolute Gasteiger partial charge is 0.235 e. The summed E-state index contributed by atoms with van der Waals surface area (Å²) in [5.41, 5.74) is 20.8. The number of aromatic nitrogens is 6. The Morgan fingerprint density at radius 2 is 0.571 bits per heavy atom. The van der Waals surface area contributed by atoms with Gasteiger partial charge in [-0.1, -0.05) is 158 Å². The minimum absolute atomic E-state index is 0.544. The molecule has 0 aliphatic heterocycles. The monoisotopic (exact) mass is 1070 g/mol. The molecule has 84 heavy (non-hydrogen) atoms. The Morgan fingerprint density at radius 3 is 0.988 bits per heavy atom. The van der Waals surface area contributed by atoms with Crippen LogP contribution in [0.2, 0.25) is 0 Å². The second-order valence-corrected chi connectivity index (χ2v) is 21.7. The Balaban J connectivity index is 0.769. The zero-order valence-electron chi connectivity index (χ0n) is 45.3. The molecule has 0 saturated heterocycles. The van der Waals surface area contributed by atoms with Gasteiger partial charge >= 0.3 is 0 Å². The van der Waals surface area contributed by atoms with Crippen LogP contribution in [0.25, 0.3) is 155 Å². The number of nitrogens with zero attached hydrogens (tertiary/aromatic N) is 7. The normalized spacial score (nSPS) is 11.8. The summed E-state index contributed by atoms with van der Waals surface area (Å²) in [5.74, 6) is 0.544. The van der Waals surface area contributed by atoms with Gasteiger partial charge in [-0.15, -0.1) is 0 Å². The molecule has 0 aliphatic rings. The lowest BCUT2D eigenvalue weighted by atomic mass is 10.0. The molecule has 0 N–H and O–H groups in total. The molecule has 5 heterocycles. The molecule has 0 unspecified atom stereocenters. The van der Waals surface area contributed by atoms with Crippen molar-refractivity contribution in [2.45, 2.75) is 0 Å². The topological polar surface area (TPSA) is 69.3 Å². The molecule has 17 rings (SSSR count). The highest BCUT2D eigenvalue weighted by Crippen LogP contribution is 2.42. The third-order valence-electron chi connectivity index (χ3n) is 17.0.